The van der Waals surface area contributed by atoms with E-state index >= 15 is 0 Å². The van der Waals surface area contributed by atoms with Crippen molar-refractivity contribution in [3.05, 3.63) is 30.3 Å². The number of para-hydroxylation sites is 1. The van der Waals surface area contributed by atoms with Gasteiger partial charge in [-0.15, -0.1) is 5.10 Å². The van der Waals surface area contributed by atoms with Crippen molar-refractivity contribution in [3.63, 3.8) is 0 Å². The molecule has 2 aliphatic heterocycles. The molecule has 2 atom stereocenters. The molecular formula is C13H15N7O2S. The van der Waals surface area contributed by atoms with Crippen molar-refractivity contribution in [3.8, 4) is 0 Å². The molecule has 0 bridgehead atoms. The van der Waals surface area contributed by atoms with E-state index < -0.39 is 10.7 Å². The summed E-state index contributed by atoms with van der Waals surface area (Å²) in [5, 5.41) is 7.44. The molecule has 0 fully saturated rings. The molecule has 9 nitrogen and oxygen atoms in total. The Balaban J connectivity index is 1.84. The number of guanidine groups is 1. The molecule has 120 valence electrons. The van der Waals surface area contributed by atoms with E-state index in [2.05, 4.69) is 26.3 Å². The molecule has 1 aromatic carbocycles. The average molecular weight is 333 g/mol. The van der Waals surface area contributed by atoms with Gasteiger partial charge in [-0.2, -0.15) is 5.01 Å². The molecule has 0 saturated heterocycles. The number of aliphatic imine (C=N–C) groups is 1. The molecule has 0 spiro atoms. The van der Waals surface area contributed by atoms with Crippen LogP contribution in [0.1, 0.15) is 6.92 Å². The normalized spacial score (nSPS) is 23.3. The second-order valence-electron chi connectivity index (χ2n) is 4.80. The zero-order valence-corrected chi connectivity index (χ0v) is 13.0. The fourth-order valence-corrected chi connectivity index (χ4v) is 3.12. The number of hydrazine groups is 1. The first kappa shape index (κ1) is 15.3. The summed E-state index contributed by atoms with van der Waals surface area (Å²) in [5.41, 5.74) is 11.2. The lowest BCUT2D eigenvalue weighted by atomic mass is 10.3. The second kappa shape index (κ2) is 6.26. The summed E-state index contributed by atoms with van der Waals surface area (Å²) in [6.07, 6.45) is 0. The van der Waals surface area contributed by atoms with E-state index in [0.29, 0.717) is 5.69 Å². The number of hydrazone groups is 1. The van der Waals surface area contributed by atoms with E-state index in [1.807, 2.05) is 18.2 Å². The van der Waals surface area contributed by atoms with Crippen molar-refractivity contribution in [1.29, 1.82) is 0 Å². The Labute approximate surface area is 136 Å². The average Bonchev–Trinajstić information content (AvgIpc) is 3.06. The van der Waals surface area contributed by atoms with Gasteiger partial charge >= 0.3 is 0 Å². The number of thioether (sulfide) groups is 1. The number of anilines is 1. The molecule has 0 saturated carbocycles. The van der Waals surface area contributed by atoms with E-state index in [1.54, 1.807) is 12.1 Å². The van der Waals surface area contributed by atoms with Gasteiger partial charge in [0.05, 0.1) is 5.69 Å². The Bertz CT molecular complexity index is 691. The molecule has 2 amide bonds. The first-order chi connectivity index (χ1) is 11.0. The number of benzene rings is 1. The van der Waals surface area contributed by atoms with Crippen molar-refractivity contribution >= 4 is 41.1 Å². The Kier molecular flexibility index (Phi) is 4.17. The smallest absolute Gasteiger partial charge is 0.268 e. The van der Waals surface area contributed by atoms with Gasteiger partial charge in [-0.3, -0.25) is 15.0 Å². The third kappa shape index (κ3) is 3.27. The van der Waals surface area contributed by atoms with E-state index in [-0.39, 0.29) is 23.6 Å². The maximum absolute atomic E-state index is 12.7. The molecule has 0 aromatic heterocycles. The van der Waals surface area contributed by atoms with Crippen LogP contribution in [0.5, 0.6) is 0 Å². The van der Waals surface area contributed by atoms with Gasteiger partial charge in [-0.05, 0) is 12.1 Å². The Morgan fingerprint density at radius 2 is 2.13 bits per heavy atom. The van der Waals surface area contributed by atoms with Crippen LogP contribution in [-0.4, -0.2) is 34.4 Å². The SMILES string of the molecule is CC(=O)NC1=NN(c2ccccc2)C(=O)[C@H]1S[C@H]1N=C(N)NN1. The molecule has 2 aliphatic rings. The number of nitrogens with one attached hydrogen (secondary N) is 3. The summed E-state index contributed by atoms with van der Waals surface area (Å²) in [5.74, 6) is -0.0327. The van der Waals surface area contributed by atoms with Crippen molar-refractivity contribution in [2.75, 3.05) is 5.01 Å². The predicted molar refractivity (Wildman–Crippen MR) is 88.2 cm³/mol. The van der Waals surface area contributed by atoms with Crippen LogP contribution in [0.4, 0.5) is 5.69 Å². The number of carbonyl (C=O) groups is 2. The Morgan fingerprint density at radius 1 is 1.39 bits per heavy atom. The van der Waals surface area contributed by atoms with E-state index in [0.717, 1.165) is 0 Å². The number of rotatable bonds is 3. The summed E-state index contributed by atoms with van der Waals surface area (Å²) < 4.78 is 0. The van der Waals surface area contributed by atoms with Crippen LogP contribution >= 0.6 is 11.8 Å². The maximum Gasteiger partial charge on any atom is 0.268 e. The van der Waals surface area contributed by atoms with Crippen LogP contribution in [0.25, 0.3) is 0 Å². The number of amides is 2. The zero-order valence-electron chi connectivity index (χ0n) is 12.2. The quantitative estimate of drug-likeness (QED) is 0.579. The summed E-state index contributed by atoms with van der Waals surface area (Å²) in [4.78, 5) is 28.2. The predicted octanol–water partition coefficient (Wildman–Crippen LogP) is -0.709. The first-order valence-corrected chi connectivity index (χ1v) is 7.74. The van der Waals surface area contributed by atoms with Gasteiger partial charge in [0.15, 0.2) is 11.3 Å². The number of nitrogens with zero attached hydrogens (tertiary/aromatic N) is 3. The third-order valence-corrected chi connectivity index (χ3v) is 4.22. The molecule has 10 heteroatoms. The van der Waals surface area contributed by atoms with Crippen LogP contribution in [0.15, 0.2) is 40.4 Å². The minimum atomic E-state index is -0.687. The zero-order chi connectivity index (χ0) is 16.4. The minimum Gasteiger partial charge on any atom is -0.369 e. The van der Waals surface area contributed by atoms with Gasteiger partial charge in [0.1, 0.15) is 5.25 Å². The summed E-state index contributed by atoms with van der Waals surface area (Å²) in [6, 6.07) is 9.01. The van der Waals surface area contributed by atoms with Gasteiger partial charge in [0.2, 0.25) is 11.9 Å². The minimum absolute atomic E-state index is 0.242. The highest BCUT2D eigenvalue weighted by Crippen LogP contribution is 2.28. The highest BCUT2D eigenvalue weighted by atomic mass is 32.2. The fraction of sp³-hybridized carbons (Fsp3) is 0.231. The molecule has 1 aromatic rings. The van der Waals surface area contributed by atoms with Gasteiger partial charge < -0.3 is 11.1 Å². The van der Waals surface area contributed by atoms with Crippen molar-refractivity contribution in [1.82, 2.24) is 16.2 Å². The lowest BCUT2D eigenvalue weighted by Crippen LogP contribution is -2.42. The van der Waals surface area contributed by atoms with Crippen molar-refractivity contribution < 1.29 is 9.59 Å². The lowest BCUT2D eigenvalue weighted by molar-refractivity contribution is -0.117. The molecule has 0 unspecified atom stereocenters. The van der Waals surface area contributed by atoms with Crippen molar-refractivity contribution in [2.45, 2.75) is 17.7 Å². The topological polar surface area (TPSA) is 124 Å². The Hall–Kier alpha value is -2.59. The number of hydrogen-bond acceptors (Lipinski definition) is 8. The van der Waals surface area contributed by atoms with Crippen LogP contribution in [0, 0.1) is 0 Å². The van der Waals surface area contributed by atoms with E-state index in [4.69, 9.17) is 5.73 Å². The third-order valence-electron chi connectivity index (χ3n) is 3.04. The standard InChI is InChI=1S/C13H15N7O2S/c1-7(21)15-10-9(23-13-16-12(14)17-18-13)11(22)20(19-10)8-5-3-2-4-6-8/h2-6,9,13,18H,1H3,(H3,14,16,17)(H,15,19,21)/t9-,13-/m0/s1. The largest absolute Gasteiger partial charge is 0.369 e. The maximum atomic E-state index is 12.7. The van der Waals surface area contributed by atoms with Crippen LogP contribution in [-0.2, 0) is 9.59 Å². The summed E-state index contributed by atoms with van der Waals surface area (Å²) in [6.45, 7) is 1.37. The van der Waals surface area contributed by atoms with Gasteiger partial charge in [-0.25, -0.2) is 10.4 Å². The second-order valence-corrected chi connectivity index (χ2v) is 5.99. The summed E-state index contributed by atoms with van der Waals surface area (Å²) >= 11 is 1.20. The monoisotopic (exact) mass is 333 g/mol. The fourth-order valence-electron chi connectivity index (χ4n) is 2.11. The van der Waals surface area contributed by atoms with Gasteiger partial charge in [0, 0.05) is 6.92 Å². The van der Waals surface area contributed by atoms with Crippen LogP contribution in [0.3, 0.4) is 0 Å². The lowest BCUT2D eigenvalue weighted by Gasteiger charge is -2.15. The molecule has 0 radical (unpaired) electrons. The van der Waals surface area contributed by atoms with Gasteiger partial charge in [0.25, 0.3) is 5.91 Å². The number of carbonyl (C=O) groups excluding carboxylic acids is 2. The molecule has 5 N–H and O–H groups in total. The van der Waals surface area contributed by atoms with Gasteiger partial charge in [-0.1, -0.05) is 30.0 Å². The summed E-state index contributed by atoms with van der Waals surface area (Å²) in [7, 11) is 0. The molecular weight excluding hydrogens is 318 g/mol. The number of hydrogen-bond donors (Lipinski definition) is 4. The van der Waals surface area contributed by atoms with Crippen molar-refractivity contribution in [2.24, 2.45) is 15.8 Å². The number of amidine groups is 1. The molecule has 2 heterocycles. The Morgan fingerprint density at radius 3 is 2.74 bits per heavy atom. The number of nitrogens with two attached hydrogens (primary N) is 1. The van der Waals surface area contributed by atoms with Crippen LogP contribution < -0.4 is 26.9 Å². The van der Waals surface area contributed by atoms with E-state index in [9.17, 15) is 9.59 Å². The molecule has 23 heavy (non-hydrogen) atoms. The first-order valence-electron chi connectivity index (χ1n) is 6.80. The van der Waals surface area contributed by atoms with E-state index in [1.165, 1.54) is 23.7 Å². The highest BCUT2D eigenvalue weighted by Gasteiger charge is 2.40. The highest BCUT2D eigenvalue weighted by molar-refractivity contribution is 8.02. The molecule has 0 aliphatic carbocycles. The molecule has 3 rings (SSSR count). The van der Waals surface area contributed by atoms with Crippen LogP contribution in [0.2, 0.25) is 0 Å².